The fraction of sp³-hybridized carbons (Fsp3) is 0.429. The first-order chi connectivity index (χ1) is 16.5. The van der Waals surface area contributed by atoms with Gasteiger partial charge in [-0.05, 0) is 55.2 Å². The normalized spacial score (nSPS) is 22.7. The van der Waals surface area contributed by atoms with Crippen LogP contribution >= 0.6 is 0 Å². The van der Waals surface area contributed by atoms with Gasteiger partial charge >= 0.3 is 0 Å². The summed E-state index contributed by atoms with van der Waals surface area (Å²) in [6.07, 6.45) is 9.10. The Labute approximate surface area is 201 Å². The van der Waals surface area contributed by atoms with Crippen molar-refractivity contribution in [2.45, 2.75) is 57.7 Å². The number of hydrogen-bond donors (Lipinski definition) is 0. The first-order valence-electron chi connectivity index (χ1n) is 12.1. The molecule has 0 bridgehead atoms. The van der Waals surface area contributed by atoms with Crippen LogP contribution in [-0.4, -0.2) is 41.3 Å². The molecule has 1 saturated carbocycles. The van der Waals surface area contributed by atoms with E-state index in [0.29, 0.717) is 13.1 Å². The van der Waals surface area contributed by atoms with Crippen molar-refractivity contribution in [3.05, 3.63) is 77.6 Å². The Morgan fingerprint density at radius 3 is 2.35 bits per heavy atom. The van der Waals surface area contributed by atoms with Crippen molar-refractivity contribution in [3.8, 4) is 5.75 Å². The average Bonchev–Trinajstić information content (AvgIpc) is 2.88. The lowest BCUT2D eigenvalue weighted by Crippen LogP contribution is -2.52. The van der Waals surface area contributed by atoms with E-state index in [-0.39, 0.29) is 29.6 Å². The molecular formula is C28H33FN2O3. The minimum atomic E-state index is -0.583. The molecule has 4 rings (SSSR count). The van der Waals surface area contributed by atoms with Crippen LogP contribution in [0.3, 0.4) is 0 Å². The molecule has 5 nitrogen and oxygen atoms in total. The van der Waals surface area contributed by atoms with Crippen LogP contribution in [0.5, 0.6) is 5.75 Å². The number of nitrogens with zero attached hydrogens (tertiary/aromatic N) is 2. The first-order valence-corrected chi connectivity index (χ1v) is 12.1. The zero-order chi connectivity index (χ0) is 24.1. The molecule has 0 radical (unpaired) electrons. The number of benzene rings is 2. The number of carbonyl (C=O) groups excluding carboxylic acids is 2. The topological polar surface area (TPSA) is 49.9 Å². The van der Waals surface area contributed by atoms with Crippen molar-refractivity contribution in [1.29, 1.82) is 0 Å². The molecule has 2 aromatic carbocycles. The summed E-state index contributed by atoms with van der Waals surface area (Å²) in [7, 11) is 1.62. The van der Waals surface area contributed by atoms with Crippen LogP contribution in [0.15, 0.2) is 60.7 Å². The highest BCUT2D eigenvalue weighted by atomic mass is 19.1. The highest BCUT2D eigenvalue weighted by Crippen LogP contribution is 2.31. The van der Waals surface area contributed by atoms with E-state index in [0.717, 1.165) is 42.6 Å². The predicted molar refractivity (Wildman–Crippen MR) is 130 cm³/mol. The molecule has 34 heavy (non-hydrogen) atoms. The highest BCUT2D eigenvalue weighted by Gasteiger charge is 2.36. The second-order valence-electron chi connectivity index (χ2n) is 9.24. The molecule has 180 valence electrons. The van der Waals surface area contributed by atoms with Crippen molar-refractivity contribution in [1.82, 2.24) is 9.80 Å². The van der Waals surface area contributed by atoms with Crippen LogP contribution in [0.2, 0.25) is 0 Å². The van der Waals surface area contributed by atoms with Crippen LogP contribution in [0, 0.1) is 11.7 Å². The summed E-state index contributed by atoms with van der Waals surface area (Å²) in [4.78, 5) is 30.8. The van der Waals surface area contributed by atoms with Gasteiger partial charge in [-0.2, -0.15) is 0 Å². The molecule has 0 unspecified atom stereocenters. The van der Waals surface area contributed by atoms with Gasteiger partial charge in [0, 0.05) is 19.0 Å². The van der Waals surface area contributed by atoms with E-state index in [1.807, 2.05) is 43.3 Å². The number of amides is 2. The zero-order valence-corrected chi connectivity index (χ0v) is 20.0. The Morgan fingerprint density at radius 1 is 1.03 bits per heavy atom. The second-order valence-corrected chi connectivity index (χ2v) is 9.24. The van der Waals surface area contributed by atoms with E-state index >= 15 is 0 Å². The molecule has 0 spiro atoms. The van der Waals surface area contributed by atoms with E-state index in [1.54, 1.807) is 29.0 Å². The SMILES string of the molecule is COc1ccc([C@H]2/C=C\CN(C(=O)C3CCCCC3)[C@@H](C)C(=O)N2Cc2ccc(F)cc2)cc1. The molecule has 1 heterocycles. The molecule has 1 fully saturated rings. The molecule has 2 atom stereocenters. The Balaban J connectivity index is 1.66. The van der Waals surface area contributed by atoms with Crippen molar-refractivity contribution in [2.75, 3.05) is 13.7 Å². The van der Waals surface area contributed by atoms with E-state index in [1.165, 1.54) is 18.6 Å². The Kier molecular flexibility index (Phi) is 7.66. The minimum absolute atomic E-state index is 0.000222. The second kappa shape index (κ2) is 10.9. The van der Waals surface area contributed by atoms with Crippen molar-refractivity contribution >= 4 is 11.8 Å². The van der Waals surface area contributed by atoms with E-state index < -0.39 is 6.04 Å². The summed E-state index contributed by atoms with van der Waals surface area (Å²) in [5.41, 5.74) is 1.78. The molecule has 1 aliphatic heterocycles. The maximum atomic E-state index is 13.9. The fourth-order valence-electron chi connectivity index (χ4n) is 5.00. The lowest BCUT2D eigenvalue weighted by atomic mass is 9.87. The number of methoxy groups -OCH3 is 1. The summed E-state index contributed by atoms with van der Waals surface area (Å²) >= 11 is 0. The Hall–Kier alpha value is -3.15. The third-order valence-corrected chi connectivity index (χ3v) is 7.03. The zero-order valence-electron chi connectivity index (χ0n) is 20.0. The van der Waals surface area contributed by atoms with Crippen LogP contribution in [0.1, 0.15) is 56.2 Å². The largest absolute Gasteiger partial charge is 0.497 e. The molecule has 0 aromatic heterocycles. The summed E-state index contributed by atoms with van der Waals surface area (Å²) in [6, 6.07) is 13.0. The van der Waals surface area contributed by atoms with Crippen molar-refractivity contribution in [2.24, 2.45) is 5.92 Å². The summed E-state index contributed by atoms with van der Waals surface area (Å²) in [5.74, 6) is 0.396. The Bertz CT molecular complexity index is 1010. The summed E-state index contributed by atoms with van der Waals surface area (Å²) in [6.45, 7) is 2.56. The van der Waals surface area contributed by atoms with Gasteiger partial charge in [0.15, 0.2) is 0 Å². The van der Waals surface area contributed by atoms with Crippen molar-refractivity contribution in [3.63, 3.8) is 0 Å². The molecule has 2 aliphatic rings. The number of rotatable bonds is 5. The average molecular weight is 465 g/mol. The number of ether oxygens (including phenoxy) is 1. The maximum Gasteiger partial charge on any atom is 0.246 e. The third-order valence-electron chi connectivity index (χ3n) is 7.03. The van der Waals surface area contributed by atoms with Crippen molar-refractivity contribution < 1.29 is 18.7 Å². The van der Waals surface area contributed by atoms with Gasteiger partial charge in [0.25, 0.3) is 0 Å². The van der Waals surface area contributed by atoms with Crippen LogP contribution < -0.4 is 4.74 Å². The molecule has 2 amide bonds. The fourth-order valence-corrected chi connectivity index (χ4v) is 5.00. The van der Waals surface area contributed by atoms with Crippen LogP contribution in [0.25, 0.3) is 0 Å². The van der Waals surface area contributed by atoms with E-state index in [4.69, 9.17) is 4.74 Å². The lowest BCUT2D eigenvalue weighted by molar-refractivity contribution is -0.149. The molecule has 6 heteroatoms. The van der Waals surface area contributed by atoms with E-state index in [9.17, 15) is 14.0 Å². The number of carbonyl (C=O) groups is 2. The maximum absolute atomic E-state index is 13.9. The molecule has 1 aliphatic carbocycles. The molecule has 2 aromatic rings. The third kappa shape index (κ3) is 5.32. The first kappa shape index (κ1) is 24.0. The van der Waals surface area contributed by atoms with Gasteiger partial charge in [-0.25, -0.2) is 4.39 Å². The molecule has 0 N–H and O–H groups in total. The van der Waals surface area contributed by atoms with Gasteiger partial charge in [0.05, 0.1) is 13.2 Å². The number of halogens is 1. The van der Waals surface area contributed by atoms with Gasteiger partial charge in [-0.1, -0.05) is 55.7 Å². The lowest BCUT2D eigenvalue weighted by Gasteiger charge is -2.39. The van der Waals surface area contributed by atoms with Crippen LogP contribution in [0.4, 0.5) is 4.39 Å². The summed E-state index contributed by atoms with van der Waals surface area (Å²) < 4.78 is 18.8. The van der Waals surface area contributed by atoms with E-state index in [2.05, 4.69) is 0 Å². The van der Waals surface area contributed by atoms with Gasteiger partial charge in [-0.3, -0.25) is 9.59 Å². The quantitative estimate of drug-likeness (QED) is 0.567. The number of hydrogen-bond acceptors (Lipinski definition) is 3. The minimum Gasteiger partial charge on any atom is -0.497 e. The van der Waals surface area contributed by atoms with Gasteiger partial charge in [-0.15, -0.1) is 0 Å². The molecular weight excluding hydrogens is 431 g/mol. The highest BCUT2D eigenvalue weighted by molar-refractivity contribution is 5.89. The summed E-state index contributed by atoms with van der Waals surface area (Å²) in [5, 5.41) is 0. The Morgan fingerprint density at radius 2 is 1.71 bits per heavy atom. The standard InChI is InChI=1S/C28H33FN2O3/c1-20-27(32)31(19-21-10-14-24(29)15-11-21)26(22-12-16-25(34-2)17-13-22)9-6-18-30(20)28(33)23-7-4-3-5-8-23/h6,9-17,20,23,26H,3-5,7-8,18-19H2,1-2H3/b9-6-/t20-,26+/m0/s1. The predicted octanol–water partition coefficient (Wildman–Crippen LogP) is 5.27. The monoisotopic (exact) mass is 464 g/mol. The smallest absolute Gasteiger partial charge is 0.246 e. The van der Waals surface area contributed by atoms with Gasteiger partial charge in [0.1, 0.15) is 17.6 Å². The van der Waals surface area contributed by atoms with Gasteiger partial charge < -0.3 is 14.5 Å². The van der Waals surface area contributed by atoms with Gasteiger partial charge in [0.2, 0.25) is 11.8 Å². The van der Waals surface area contributed by atoms with Crippen LogP contribution in [-0.2, 0) is 16.1 Å². The molecule has 0 saturated heterocycles.